The lowest BCUT2D eigenvalue weighted by Gasteiger charge is -2.24. The van der Waals surface area contributed by atoms with Crippen LogP contribution in [-0.2, 0) is 4.79 Å². The standard InChI is InChI=1S/C21H17N7O3/c1-12-19-15(13-4-2-5-14(10-13)31-21-22-8-3-9-23-21)11-18(30)24-20(19)28(27-12)16-6-7-17(29)26-25-16/h2-10,15H,11H2,1H3,(H,24,30)(H,26,29)/t15-/m0/s1. The molecule has 1 aliphatic heterocycles. The van der Waals surface area contributed by atoms with Gasteiger partial charge in [0.1, 0.15) is 11.6 Å². The van der Waals surface area contributed by atoms with Crippen LogP contribution in [0, 0.1) is 6.92 Å². The van der Waals surface area contributed by atoms with Gasteiger partial charge in [0.2, 0.25) is 5.91 Å². The Morgan fingerprint density at radius 3 is 2.71 bits per heavy atom. The Hall–Kier alpha value is -4.34. The number of amides is 1. The van der Waals surface area contributed by atoms with Crippen LogP contribution in [0.1, 0.15) is 29.2 Å². The highest BCUT2D eigenvalue weighted by molar-refractivity contribution is 5.95. The summed E-state index contributed by atoms with van der Waals surface area (Å²) in [6.07, 6.45) is 3.48. The molecular weight excluding hydrogens is 398 g/mol. The van der Waals surface area contributed by atoms with E-state index in [0.29, 0.717) is 17.4 Å². The van der Waals surface area contributed by atoms with E-state index in [1.54, 1.807) is 24.5 Å². The molecular formula is C21H17N7O3. The molecule has 0 aliphatic carbocycles. The summed E-state index contributed by atoms with van der Waals surface area (Å²) >= 11 is 0. The number of hydrogen-bond acceptors (Lipinski definition) is 7. The number of H-pyrrole nitrogens is 1. The van der Waals surface area contributed by atoms with E-state index in [0.717, 1.165) is 16.8 Å². The average Bonchev–Trinajstić information content (AvgIpc) is 3.11. The molecule has 0 fully saturated rings. The number of fused-ring (bicyclic) bond motifs is 1. The maximum Gasteiger partial charge on any atom is 0.321 e. The molecule has 0 unspecified atom stereocenters. The Bertz CT molecular complexity index is 1310. The Balaban J connectivity index is 1.55. The molecule has 1 aliphatic rings. The first-order valence-electron chi connectivity index (χ1n) is 9.59. The summed E-state index contributed by atoms with van der Waals surface area (Å²) in [5.74, 6) is 1.16. The van der Waals surface area contributed by atoms with E-state index < -0.39 is 0 Å². The zero-order chi connectivity index (χ0) is 21.4. The van der Waals surface area contributed by atoms with Crippen molar-refractivity contribution >= 4 is 11.7 Å². The van der Waals surface area contributed by atoms with Gasteiger partial charge in [-0.3, -0.25) is 9.59 Å². The molecule has 0 saturated carbocycles. The number of carbonyl (C=O) groups excluding carboxylic acids is 1. The fraction of sp³-hybridized carbons (Fsp3) is 0.143. The summed E-state index contributed by atoms with van der Waals surface area (Å²) in [5, 5.41) is 13.9. The van der Waals surface area contributed by atoms with E-state index in [4.69, 9.17) is 4.74 Å². The molecule has 5 rings (SSSR count). The SMILES string of the molecule is Cc1nn(-c2ccc(=O)[nH]n2)c2c1[C@H](c1cccc(Oc3ncccn3)c1)CC(=O)N2. The fourth-order valence-corrected chi connectivity index (χ4v) is 3.69. The Morgan fingerprint density at radius 2 is 1.94 bits per heavy atom. The van der Waals surface area contributed by atoms with E-state index in [-0.39, 0.29) is 29.8 Å². The van der Waals surface area contributed by atoms with Crippen LogP contribution in [-0.4, -0.2) is 35.9 Å². The number of carbonyl (C=O) groups is 1. The minimum atomic E-state index is -0.317. The highest BCUT2D eigenvalue weighted by atomic mass is 16.5. The number of ether oxygens (including phenoxy) is 1. The van der Waals surface area contributed by atoms with Crippen LogP contribution in [0.25, 0.3) is 5.82 Å². The molecule has 1 amide bonds. The number of rotatable bonds is 4. The van der Waals surface area contributed by atoms with Crippen LogP contribution >= 0.6 is 0 Å². The normalized spacial score (nSPS) is 15.3. The first kappa shape index (κ1) is 18.7. The van der Waals surface area contributed by atoms with Crippen molar-refractivity contribution in [1.29, 1.82) is 0 Å². The largest absolute Gasteiger partial charge is 0.424 e. The van der Waals surface area contributed by atoms with Crippen LogP contribution in [0.4, 0.5) is 5.82 Å². The lowest BCUT2D eigenvalue weighted by molar-refractivity contribution is -0.116. The van der Waals surface area contributed by atoms with Crippen molar-refractivity contribution in [3.05, 3.63) is 82.0 Å². The molecule has 10 heteroatoms. The molecule has 0 spiro atoms. The van der Waals surface area contributed by atoms with Crippen molar-refractivity contribution in [2.75, 3.05) is 5.32 Å². The molecule has 0 saturated heterocycles. The van der Waals surface area contributed by atoms with Gasteiger partial charge in [0.15, 0.2) is 5.82 Å². The number of nitrogens with one attached hydrogen (secondary N) is 2. The van der Waals surface area contributed by atoms with Gasteiger partial charge in [-0.2, -0.15) is 14.9 Å². The van der Waals surface area contributed by atoms with E-state index in [2.05, 4.69) is 30.6 Å². The molecule has 154 valence electrons. The summed E-state index contributed by atoms with van der Waals surface area (Å²) in [5.41, 5.74) is 2.23. The van der Waals surface area contributed by atoms with E-state index in [1.165, 1.54) is 10.7 Å². The van der Waals surface area contributed by atoms with Crippen molar-refractivity contribution in [3.8, 4) is 17.6 Å². The molecule has 0 radical (unpaired) electrons. The number of aryl methyl sites for hydroxylation is 1. The van der Waals surface area contributed by atoms with Gasteiger partial charge < -0.3 is 10.1 Å². The third-order valence-electron chi connectivity index (χ3n) is 5.00. The van der Waals surface area contributed by atoms with Gasteiger partial charge in [-0.05, 0) is 36.8 Å². The summed E-state index contributed by atoms with van der Waals surface area (Å²) in [6, 6.07) is 12.4. The summed E-state index contributed by atoms with van der Waals surface area (Å²) in [7, 11) is 0. The third kappa shape index (κ3) is 3.54. The van der Waals surface area contributed by atoms with Crippen molar-refractivity contribution in [2.24, 2.45) is 0 Å². The number of hydrogen-bond donors (Lipinski definition) is 2. The number of benzene rings is 1. The number of aromatic nitrogens is 6. The smallest absolute Gasteiger partial charge is 0.321 e. The molecule has 2 N–H and O–H groups in total. The quantitative estimate of drug-likeness (QED) is 0.523. The van der Waals surface area contributed by atoms with Gasteiger partial charge in [-0.25, -0.2) is 15.1 Å². The van der Waals surface area contributed by atoms with Crippen molar-refractivity contribution < 1.29 is 9.53 Å². The van der Waals surface area contributed by atoms with E-state index in [1.807, 2.05) is 31.2 Å². The molecule has 4 aromatic rings. The van der Waals surface area contributed by atoms with Gasteiger partial charge in [0.05, 0.1) is 5.69 Å². The first-order valence-corrected chi connectivity index (χ1v) is 9.59. The average molecular weight is 415 g/mol. The zero-order valence-corrected chi connectivity index (χ0v) is 16.4. The number of aromatic amines is 1. The maximum absolute atomic E-state index is 12.6. The molecule has 4 heterocycles. The Kier molecular flexibility index (Phi) is 4.51. The first-order chi connectivity index (χ1) is 15.1. The van der Waals surface area contributed by atoms with Crippen LogP contribution in [0.2, 0.25) is 0 Å². The zero-order valence-electron chi connectivity index (χ0n) is 16.4. The fourth-order valence-electron chi connectivity index (χ4n) is 3.69. The Morgan fingerprint density at radius 1 is 1.10 bits per heavy atom. The lowest BCUT2D eigenvalue weighted by Crippen LogP contribution is -2.25. The summed E-state index contributed by atoms with van der Waals surface area (Å²) < 4.78 is 7.28. The van der Waals surface area contributed by atoms with Gasteiger partial charge in [-0.1, -0.05) is 12.1 Å². The van der Waals surface area contributed by atoms with E-state index in [9.17, 15) is 9.59 Å². The Labute approximate surface area is 175 Å². The van der Waals surface area contributed by atoms with Gasteiger partial charge in [0.25, 0.3) is 5.56 Å². The van der Waals surface area contributed by atoms with Crippen molar-refractivity contribution in [2.45, 2.75) is 19.3 Å². The topological polar surface area (TPSA) is 128 Å². The lowest BCUT2D eigenvalue weighted by atomic mass is 9.86. The minimum Gasteiger partial charge on any atom is -0.424 e. The van der Waals surface area contributed by atoms with Gasteiger partial charge >= 0.3 is 6.01 Å². The van der Waals surface area contributed by atoms with Crippen LogP contribution in [0.3, 0.4) is 0 Å². The summed E-state index contributed by atoms with van der Waals surface area (Å²) in [6.45, 7) is 1.88. The number of anilines is 1. The van der Waals surface area contributed by atoms with Gasteiger partial charge in [-0.15, -0.1) is 0 Å². The molecule has 31 heavy (non-hydrogen) atoms. The predicted octanol–water partition coefficient (Wildman–Crippen LogP) is 2.32. The van der Waals surface area contributed by atoms with Gasteiger partial charge in [0, 0.05) is 36.4 Å². The second-order valence-corrected chi connectivity index (χ2v) is 7.05. The monoisotopic (exact) mass is 415 g/mol. The third-order valence-corrected chi connectivity index (χ3v) is 5.00. The molecule has 1 atom stereocenters. The number of nitrogens with zero attached hydrogens (tertiary/aromatic N) is 5. The highest BCUT2D eigenvalue weighted by Crippen LogP contribution is 2.40. The minimum absolute atomic E-state index is 0.138. The predicted molar refractivity (Wildman–Crippen MR) is 110 cm³/mol. The molecule has 1 aromatic carbocycles. The summed E-state index contributed by atoms with van der Waals surface area (Å²) in [4.78, 5) is 32.1. The van der Waals surface area contributed by atoms with Crippen molar-refractivity contribution in [3.63, 3.8) is 0 Å². The second-order valence-electron chi connectivity index (χ2n) is 7.05. The molecule has 10 nitrogen and oxygen atoms in total. The van der Waals surface area contributed by atoms with E-state index >= 15 is 0 Å². The molecule has 3 aromatic heterocycles. The van der Waals surface area contributed by atoms with Crippen molar-refractivity contribution in [1.82, 2.24) is 29.9 Å². The molecule has 0 bridgehead atoms. The maximum atomic E-state index is 12.6. The van der Waals surface area contributed by atoms with Crippen LogP contribution in [0.15, 0.2) is 59.7 Å². The van der Waals surface area contributed by atoms with Crippen LogP contribution < -0.4 is 15.6 Å². The second kappa shape index (κ2) is 7.48. The highest BCUT2D eigenvalue weighted by Gasteiger charge is 2.33. The van der Waals surface area contributed by atoms with Crippen LogP contribution in [0.5, 0.6) is 11.8 Å².